The Bertz CT molecular complexity index is 640. The monoisotopic (exact) mass is 550 g/mol. The smallest absolute Gasteiger partial charge is 0.850 e. The topological polar surface area (TPSA) is 41.5 Å². The first kappa shape index (κ1) is 34.8. The molecule has 2 aliphatic carbocycles. The van der Waals surface area contributed by atoms with E-state index in [0.717, 1.165) is 12.0 Å². The van der Waals surface area contributed by atoms with Crippen molar-refractivity contribution in [2.24, 2.45) is 0 Å². The van der Waals surface area contributed by atoms with Gasteiger partial charge in [0.05, 0.1) is 11.2 Å². The van der Waals surface area contributed by atoms with Crippen molar-refractivity contribution in [3.05, 3.63) is 106 Å². The predicted octanol–water partition coefficient (Wildman–Crippen LogP) is 6.10. The number of rotatable bonds is 3. The third kappa shape index (κ3) is 15.6. The second-order valence-corrected chi connectivity index (χ2v) is 9.97. The SMILES string of the molecule is CC(C)(C)[O-].CCC(=[C-]B1OC(C)(C)C(C)(C)O1)c1ccccc1.[CH]1[CH][CH][CH][CH]1.[CH]1[CH][CH][CH][CH]1.[Zr+4]. The Morgan fingerprint density at radius 3 is 1.37 bits per heavy atom. The van der Waals surface area contributed by atoms with Gasteiger partial charge >= 0.3 is 33.3 Å². The fraction of sp³-hybridized carbons (Fsp3) is 0.400. The van der Waals surface area contributed by atoms with E-state index in [4.69, 9.17) is 9.31 Å². The molecular weight excluding hydrogens is 510 g/mol. The maximum atomic E-state index is 10.1. The Labute approximate surface area is 237 Å². The molecule has 0 N–H and O–H groups in total. The maximum Gasteiger partial charge on any atom is 4.00 e. The van der Waals surface area contributed by atoms with Gasteiger partial charge in [0, 0.05) is 0 Å². The summed E-state index contributed by atoms with van der Waals surface area (Å²) in [6.45, 7) is 15.3. The van der Waals surface area contributed by atoms with Crippen molar-refractivity contribution in [3.63, 3.8) is 0 Å². The van der Waals surface area contributed by atoms with Crippen LogP contribution in [-0.4, -0.2) is 23.9 Å². The summed E-state index contributed by atoms with van der Waals surface area (Å²) < 4.78 is 11.9. The van der Waals surface area contributed by atoms with E-state index in [1.807, 2.05) is 82.4 Å². The maximum absolute atomic E-state index is 10.1. The van der Waals surface area contributed by atoms with Crippen LogP contribution in [0.4, 0.5) is 0 Å². The Hall–Kier alpha value is -0.212. The summed E-state index contributed by atoms with van der Waals surface area (Å²) in [5, 5.41) is 10.1. The zero-order valence-corrected chi connectivity index (χ0v) is 25.1. The largest absolute Gasteiger partial charge is 4.00 e. The summed E-state index contributed by atoms with van der Waals surface area (Å²) in [5.74, 6) is 3.37. The molecule has 0 atom stereocenters. The fourth-order valence-electron chi connectivity index (χ4n) is 2.71. The standard InChI is InChI=1S/C16H22BO2.2C5H5.C4H9O.Zr/c1-6-13(14-10-8-7-9-11-14)12-17-18-15(2,3)16(4,5)19-17;2*1-2-4-5-3-1;1-4(2,3)5;/h7-11H,6H2,1-5H3;2*1-5H;1-3H3;/q-1;;;-1;+4. The number of allylic oxidation sites excluding steroid dienone is 1. The number of hydrogen-bond acceptors (Lipinski definition) is 3. The Kier molecular flexibility index (Phi) is 17.2. The van der Waals surface area contributed by atoms with Crippen LogP contribution < -0.4 is 5.11 Å². The zero-order valence-electron chi connectivity index (χ0n) is 22.7. The molecule has 3 nitrogen and oxygen atoms in total. The van der Waals surface area contributed by atoms with Crippen molar-refractivity contribution in [1.29, 1.82) is 0 Å². The third-order valence-electron chi connectivity index (χ3n) is 5.13. The molecule has 10 radical (unpaired) electrons. The third-order valence-corrected chi connectivity index (χ3v) is 5.13. The van der Waals surface area contributed by atoms with Crippen molar-refractivity contribution in [2.75, 3.05) is 0 Å². The minimum absolute atomic E-state index is 0. The van der Waals surface area contributed by atoms with Gasteiger partial charge in [0.1, 0.15) is 0 Å². The van der Waals surface area contributed by atoms with Crippen LogP contribution in [0.1, 0.15) is 67.4 Å². The van der Waals surface area contributed by atoms with Crippen LogP contribution in [0.2, 0.25) is 0 Å². The van der Waals surface area contributed by atoms with Crippen molar-refractivity contribution in [2.45, 2.75) is 78.6 Å². The van der Waals surface area contributed by atoms with Gasteiger partial charge in [-0.25, -0.2) is 11.5 Å². The van der Waals surface area contributed by atoms with Crippen molar-refractivity contribution in [3.8, 4) is 0 Å². The van der Waals surface area contributed by atoms with E-state index < -0.39 is 5.60 Å². The van der Waals surface area contributed by atoms with E-state index in [2.05, 4.69) is 52.7 Å². The summed E-state index contributed by atoms with van der Waals surface area (Å²) in [4.78, 5) is 0. The molecule has 0 spiro atoms. The summed E-state index contributed by atoms with van der Waals surface area (Å²) in [7, 11) is -0.389. The second kappa shape index (κ2) is 17.3. The van der Waals surface area contributed by atoms with Crippen LogP contribution in [0.25, 0.3) is 5.57 Å². The molecule has 3 aliphatic rings. The molecule has 0 bridgehead atoms. The summed E-state index contributed by atoms with van der Waals surface area (Å²) in [6.07, 6.45) is 20.9. The molecule has 0 aromatic heterocycles. The van der Waals surface area contributed by atoms with Gasteiger partial charge in [-0.2, -0.15) is 5.56 Å². The Morgan fingerprint density at radius 1 is 0.771 bits per heavy atom. The molecule has 1 heterocycles. The van der Waals surface area contributed by atoms with Gasteiger partial charge in [0.2, 0.25) is 0 Å². The molecule has 0 amide bonds. The summed E-state index contributed by atoms with van der Waals surface area (Å²) in [5.41, 5.74) is 0.958. The van der Waals surface area contributed by atoms with Gasteiger partial charge < -0.3 is 14.4 Å². The zero-order chi connectivity index (χ0) is 25.7. The van der Waals surface area contributed by atoms with E-state index in [1.165, 1.54) is 5.56 Å². The predicted molar refractivity (Wildman–Crippen MR) is 142 cm³/mol. The first-order valence-corrected chi connectivity index (χ1v) is 11.9. The molecule has 5 heteroatoms. The summed E-state index contributed by atoms with van der Waals surface area (Å²) in [6, 6.07) is 10.3. The van der Waals surface area contributed by atoms with E-state index in [9.17, 15) is 5.11 Å². The first-order valence-electron chi connectivity index (χ1n) is 11.9. The normalized spacial score (nSPS) is 20.4. The van der Waals surface area contributed by atoms with E-state index >= 15 is 0 Å². The summed E-state index contributed by atoms with van der Waals surface area (Å²) >= 11 is 0. The van der Waals surface area contributed by atoms with Crippen molar-refractivity contribution >= 4 is 12.7 Å². The van der Waals surface area contributed by atoms with Crippen LogP contribution in [0, 0.1) is 70.2 Å². The first-order chi connectivity index (χ1) is 15.9. The minimum atomic E-state index is -0.750. The van der Waals surface area contributed by atoms with Gasteiger partial charge in [-0.3, -0.25) is 0 Å². The molecule has 1 aromatic rings. The number of benzene rings is 1. The molecule has 4 rings (SSSR count). The van der Waals surface area contributed by atoms with Crippen LogP contribution >= 0.6 is 0 Å². The molecule has 1 saturated heterocycles. The van der Waals surface area contributed by atoms with Crippen molar-refractivity contribution < 1.29 is 40.6 Å². The average Bonchev–Trinajstić information content (AvgIpc) is 3.52. The molecule has 35 heavy (non-hydrogen) atoms. The molecular formula is C30H41BO3Zr+2. The quantitative estimate of drug-likeness (QED) is 0.337. The molecule has 1 aliphatic heterocycles. The van der Waals surface area contributed by atoms with Gasteiger partial charge in [-0.1, -0.05) is 52.3 Å². The second-order valence-electron chi connectivity index (χ2n) is 9.97. The fourth-order valence-corrected chi connectivity index (χ4v) is 2.71. The van der Waals surface area contributed by atoms with Gasteiger partial charge in [0.25, 0.3) is 0 Å². The van der Waals surface area contributed by atoms with Crippen LogP contribution in [0.5, 0.6) is 0 Å². The number of hydrogen-bond donors (Lipinski definition) is 0. The van der Waals surface area contributed by atoms with Crippen LogP contribution in [-0.2, 0) is 35.5 Å². The minimum Gasteiger partial charge on any atom is -0.850 e. The Balaban J connectivity index is 0.000000584. The van der Waals surface area contributed by atoms with Crippen molar-refractivity contribution in [1.82, 2.24) is 0 Å². The molecule has 3 fully saturated rings. The van der Waals surface area contributed by atoms with Crippen LogP contribution in [0.15, 0.2) is 30.3 Å². The Morgan fingerprint density at radius 2 is 1.09 bits per heavy atom. The molecule has 184 valence electrons. The molecule has 2 saturated carbocycles. The average molecular weight is 552 g/mol. The molecule has 1 aromatic carbocycles. The molecule has 0 unspecified atom stereocenters. The van der Waals surface area contributed by atoms with E-state index in [1.54, 1.807) is 20.8 Å². The van der Waals surface area contributed by atoms with Gasteiger partial charge in [0.15, 0.2) is 0 Å². The van der Waals surface area contributed by atoms with E-state index in [-0.39, 0.29) is 44.5 Å². The van der Waals surface area contributed by atoms with Gasteiger partial charge in [-0.15, -0.1) is 17.7 Å². The van der Waals surface area contributed by atoms with E-state index in [0.29, 0.717) is 0 Å². The van der Waals surface area contributed by atoms with Gasteiger partial charge in [-0.05, 0) is 91.9 Å². The van der Waals surface area contributed by atoms with Crippen LogP contribution in [0.3, 0.4) is 0 Å².